The summed E-state index contributed by atoms with van der Waals surface area (Å²) >= 11 is 8.17. The Kier molecular flexibility index (Phi) is 5.85. The van der Waals surface area contributed by atoms with E-state index in [9.17, 15) is 16.8 Å². The highest BCUT2D eigenvalue weighted by atomic mass is 35.5. The molecule has 2 aromatic heterocycles. The van der Waals surface area contributed by atoms with Crippen molar-refractivity contribution in [2.24, 2.45) is 0 Å². The van der Waals surface area contributed by atoms with Crippen molar-refractivity contribution in [1.82, 2.24) is 4.72 Å². The Hall–Kier alpha value is -1.23. The smallest absolute Gasteiger partial charge is 0.222 e. The van der Waals surface area contributed by atoms with E-state index in [2.05, 4.69) is 4.72 Å². The van der Waals surface area contributed by atoms with E-state index in [1.807, 2.05) is 0 Å². The van der Waals surface area contributed by atoms with Crippen LogP contribution < -0.4 is 4.72 Å². The Morgan fingerprint density at radius 1 is 0.923 bits per heavy atom. The van der Waals surface area contributed by atoms with Crippen LogP contribution in [0, 0.1) is 0 Å². The van der Waals surface area contributed by atoms with Crippen molar-refractivity contribution in [2.45, 2.75) is 14.4 Å². The van der Waals surface area contributed by atoms with E-state index in [4.69, 9.17) is 11.6 Å². The lowest BCUT2D eigenvalue weighted by Crippen LogP contribution is -2.31. The fourth-order valence-electron chi connectivity index (χ4n) is 2.29. The minimum atomic E-state index is -3.86. The van der Waals surface area contributed by atoms with E-state index in [1.54, 1.807) is 29.0 Å². The van der Waals surface area contributed by atoms with E-state index < -0.39 is 25.1 Å². The van der Waals surface area contributed by atoms with E-state index in [0.29, 0.717) is 9.90 Å². The first kappa shape index (κ1) is 19.5. The number of hydrogen-bond donors (Lipinski definition) is 1. The maximum absolute atomic E-state index is 13.0. The Morgan fingerprint density at radius 3 is 2.15 bits per heavy atom. The maximum Gasteiger partial charge on any atom is 0.240 e. The molecule has 0 aliphatic heterocycles. The lowest BCUT2D eigenvalue weighted by molar-refractivity contribution is 0.570. The zero-order valence-electron chi connectivity index (χ0n) is 13.2. The topological polar surface area (TPSA) is 80.3 Å². The summed E-state index contributed by atoms with van der Waals surface area (Å²) in [5.74, 6) is 0. The molecule has 26 heavy (non-hydrogen) atoms. The third-order valence-electron chi connectivity index (χ3n) is 3.59. The van der Waals surface area contributed by atoms with Crippen molar-refractivity contribution in [3.8, 4) is 0 Å². The van der Waals surface area contributed by atoms with Gasteiger partial charge in [-0.15, -0.1) is 22.7 Å². The summed E-state index contributed by atoms with van der Waals surface area (Å²) in [4.78, 5) is 0.609. The first-order valence-corrected chi connectivity index (χ1v) is 12.5. The average Bonchev–Trinajstić information content (AvgIpc) is 3.29. The minimum Gasteiger partial charge on any atom is -0.222 e. The van der Waals surface area contributed by atoms with Gasteiger partial charge in [0.15, 0.2) is 9.84 Å². The third-order valence-corrected chi connectivity index (χ3v) is 9.93. The fraction of sp³-hybridized carbons (Fsp3) is 0.125. The van der Waals surface area contributed by atoms with Crippen molar-refractivity contribution >= 4 is 54.1 Å². The van der Waals surface area contributed by atoms with Crippen LogP contribution in [0.3, 0.4) is 0 Å². The molecule has 0 saturated carbocycles. The Balaban J connectivity index is 1.89. The van der Waals surface area contributed by atoms with E-state index in [1.165, 1.54) is 41.7 Å². The molecule has 3 rings (SSSR count). The van der Waals surface area contributed by atoms with Crippen LogP contribution in [0.4, 0.5) is 0 Å². The van der Waals surface area contributed by atoms with Crippen LogP contribution in [0.5, 0.6) is 0 Å². The summed E-state index contributed by atoms with van der Waals surface area (Å²) < 4.78 is 53.5. The molecule has 0 spiro atoms. The van der Waals surface area contributed by atoms with E-state index in [-0.39, 0.29) is 15.6 Å². The van der Waals surface area contributed by atoms with Crippen molar-refractivity contribution in [3.05, 3.63) is 69.2 Å². The molecule has 10 heteroatoms. The predicted molar refractivity (Wildman–Crippen MR) is 105 cm³/mol. The fourth-order valence-corrected chi connectivity index (χ4v) is 7.55. The number of sulfone groups is 1. The molecule has 0 aliphatic rings. The largest absolute Gasteiger partial charge is 0.240 e. The second-order valence-corrected chi connectivity index (χ2v) is 11.8. The second-order valence-electron chi connectivity index (χ2n) is 5.29. The summed E-state index contributed by atoms with van der Waals surface area (Å²) in [6.07, 6.45) is 0. The molecule has 5 nitrogen and oxygen atoms in total. The number of halogens is 1. The van der Waals surface area contributed by atoms with Gasteiger partial charge in [-0.2, -0.15) is 0 Å². The molecule has 3 aromatic rings. The Morgan fingerprint density at radius 2 is 1.58 bits per heavy atom. The summed E-state index contributed by atoms with van der Waals surface area (Å²) in [7, 11) is -7.57. The maximum atomic E-state index is 13.0. The molecule has 0 fully saturated rings. The van der Waals surface area contributed by atoms with Crippen LogP contribution in [0.15, 0.2) is 68.4 Å². The second kappa shape index (κ2) is 7.79. The molecular formula is C16H14ClNO4S4. The highest BCUT2D eigenvalue weighted by Gasteiger charge is 2.32. The number of thiophene rings is 2. The van der Waals surface area contributed by atoms with Gasteiger partial charge in [0.25, 0.3) is 0 Å². The molecule has 0 amide bonds. The predicted octanol–water partition coefficient (Wildman–Crippen LogP) is 3.96. The van der Waals surface area contributed by atoms with Gasteiger partial charge in [-0.05, 0) is 47.2 Å². The first-order valence-electron chi connectivity index (χ1n) is 7.37. The van der Waals surface area contributed by atoms with E-state index in [0.717, 1.165) is 11.3 Å². The number of rotatable bonds is 7. The van der Waals surface area contributed by atoms with Crippen LogP contribution in [0.1, 0.15) is 10.1 Å². The van der Waals surface area contributed by atoms with Crippen LogP contribution in [-0.2, 0) is 19.9 Å². The quantitative estimate of drug-likeness (QED) is 0.594. The SMILES string of the molecule is O=S(=O)(NC[C@@H](c1cccs1)S(=O)(=O)c1cccs1)c1ccc(Cl)cc1. The highest BCUT2D eigenvalue weighted by molar-refractivity contribution is 7.94. The van der Waals surface area contributed by atoms with Gasteiger partial charge in [-0.1, -0.05) is 23.7 Å². The average molecular weight is 448 g/mol. The summed E-state index contributed by atoms with van der Waals surface area (Å²) in [5, 5.41) is 2.86. The lowest BCUT2D eigenvalue weighted by Gasteiger charge is -2.16. The van der Waals surface area contributed by atoms with Crippen LogP contribution in [0.25, 0.3) is 0 Å². The van der Waals surface area contributed by atoms with Crippen LogP contribution >= 0.6 is 34.3 Å². The number of hydrogen-bond acceptors (Lipinski definition) is 6. The van der Waals surface area contributed by atoms with Crippen molar-refractivity contribution in [3.63, 3.8) is 0 Å². The van der Waals surface area contributed by atoms with Crippen molar-refractivity contribution in [2.75, 3.05) is 6.54 Å². The number of benzene rings is 1. The van der Waals surface area contributed by atoms with Crippen molar-refractivity contribution in [1.29, 1.82) is 0 Å². The van der Waals surface area contributed by atoms with Crippen molar-refractivity contribution < 1.29 is 16.8 Å². The van der Waals surface area contributed by atoms with Gasteiger partial charge in [0.1, 0.15) is 9.46 Å². The van der Waals surface area contributed by atoms with Gasteiger partial charge in [-0.25, -0.2) is 21.6 Å². The summed E-state index contributed by atoms with van der Waals surface area (Å²) in [6, 6.07) is 12.3. The Labute approximate surface area is 165 Å². The van der Waals surface area contributed by atoms with Crippen LogP contribution in [0.2, 0.25) is 5.02 Å². The molecule has 1 aromatic carbocycles. The third kappa shape index (κ3) is 4.19. The normalized spacial score (nSPS) is 13.6. The van der Waals surface area contributed by atoms with E-state index >= 15 is 0 Å². The number of nitrogens with one attached hydrogen (secondary N) is 1. The van der Waals surface area contributed by atoms with Gasteiger partial charge < -0.3 is 0 Å². The van der Waals surface area contributed by atoms with Gasteiger partial charge in [0.05, 0.1) is 4.90 Å². The molecule has 0 saturated heterocycles. The molecule has 0 aliphatic carbocycles. The highest BCUT2D eigenvalue weighted by Crippen LogP contribution is 2.33. The molecule has 1 N–H and O–H groups in total. The number of sulfonamides is 1. The van der Waals surface area contributed by atoms with Crippen LogP contribution in [-0.4, -0.2) is 23.4 Å². The molecule has 0 radical (unpaired) electrons. The summed E-state index contributed by atoms with van der Waals surface area (Å²) in [5.41, 5.74) is 0. The molecule has 0 bridgehead atoms. The molecule has 1 atom stereocenters. The van der Waals surface area contributed by atoms with Gasteiger partial charge in [0, 0.05) is 16.4 Å². The van der Waals surface area contributed by atoms with Gasteiger partial charge in [0.2, 0.25) is 10.0 Å². The zero-order chi connectivity index (χ0) is 18.8. The molecule has 138 valence electrons. The first-order chi connectivity index (χ1) is 12.3. The molecule has 2 heterocycles. The standard InChI is InChI=1S/C16H14ClNO4S4/c17-12-5-7-13(8-6-12)26(21,22)18-11-15(14-3-1-9-23-14)25(19,20)16-4-2-10-24-16/h1-10,15,18H,11H2/t15-/m0/s1. The summed E-state index contributed by atoms with van der Waals surface area (Å²) in [6.45, 7) is -0.258. The molecule has 0 unspecified atom stereocenters. The van der Waals surface area contributed by atoms with Gasteiger partial charge >= 0.3 is 0 Å². The lowest BCUT2D eigenvalue weighted by atomic mass is 10.3. The van der Waals surface area contributed by atoms with Gasteiger partial charge in [-0.3, -0.25) is 0 Å². The molecular weight excluding hydrogens is 434 g/mol. The minimum absolute atomic E-state index is 0.0281. The Bertz CT molecular complexity index is 1060. The zero-order valence-corrected chi connectivity index (χ0v) is 17.2. The monoisotopic (exact) mass is 447 g/mol.